The van der Waals surface area contributed by atoms with Crippen LogP contribution in [0.4, 0.5) is 10.1 Å². The van der Waals surface area contributed by atoms with Crippen LogP contribution in [0.15, 0.2) is 16.6 Å². The summed E-state index contributed by atoms with van der Waals surface area (Å²) in [5.41, 5.74) is 0.377. The summed E-state index contributed by atoms with van der Waals surface area (Å²) in [5, 5.41) is 2.76. The molecule has 2 nitrogen and oxygen atoms in total. The highest BCUT2D eigenvalue weighted by Gasteiger charge is 2.10. The molecule has 16 heavy (non-hydrogen) atoms. The third-order valence-electron chi connectivity index (χ3n) is 1.81. The first-order valence-electron chi connectivity index (χ1n) is 4.55. The second-order valence-corrected chi connectivity index (χ2v) is 4.72. The molecule has 0 saturated carbocycles. The van der Waals surface area contributed by atoms with E-state index in [4.69, 9.17) is 23.2 Å². The minimum absolute atomic E-state index is 0.158. The number of nitrogens with one attached hydrogen (secondary N) is 1. The summed E-state index contributed by atoms with van der Waals surface area (Å²) in [6, 6.07) is 2.38. The zero-order valence-corrected chi connectivity index (χ0v) is 11.3. The number of rotatable bonds is 4. The van der Waals surface area contributed by atoms with Gasteiger partial charge < -0.3 is 5.32 Å². The Bertz CT molecular complexity index is 377. The molecule has 0 fully saturated rings. The van der Waals surface area contributed by atoms with Crippen molar-refractivity contribution < 1.29 is 9.18 Å². The van der Waals surface area contributed by atoms with Gasteiger partial charge in [-0.3, -0.25) is 4.79 Å². The van der Waals surface area contributed by atoms with Crippen LogP contribution in [0.25, 0.3) is 0 Å². The molecule has 0 bridgehead atoms. The maximum absolute atomic E-state index is 12.9. The Kier molecular flexibility index (Phi) is 5.52. The summed E-state index contributed by atoms with van der Waals surface area (Å²) in [6.45, 7) is 0. The van der Waals surface area contributed by atoms with Gasteiger partial charge in [-0.05, 0) is 34.5 Å². The highest BCUT2D eigenvalue weighted by atomic mass is 79.9. The predicted octanol–water partition coefficient (Wildman–Crippen LogP) is 4.20. The average molecular weight is 329 g/mol. The van der Waals surface area contributed by atoms with Crippen LogP contribution in [0, 0.1) is 5.82 Å². The molecule has 0 spiro atoms. The zero-order chi connectivity index (χ0) is 12.1. The van der Waals surface area contributed by atoms with Gasteiger partial charge in [0.25, 0.3) is 0 Å². The van der Waals surface area contributed by atoms with Crippen LogP contribution in [-0.2, 0) is 4.79 Å². The maximum atomic E-state index is 12.9. The number of amides is 1. The van der Waals surface area contributed by atoms with E-state index in [9.17, 15) is 9.18 Å². The number of anilines is 1. The minimum atomic E-state index is -0.462. The molecule has 88 valence electrons. The van der Waals surface area contributed by atoms with Crippen molar-refractivity contribution in [1.29, 1.82) is 0 Å². The Hall–Kier alpha value is -0.320. The average Bonchev–Trinajstić information content (AvgIpc) is 2.20. The number of hydrogen-bond acceptors (Lipinski definition) is 1. The van der Waals surface area contributed by atoms with Gasteiger partial charge in [-0.2, -0.15) is 0 Å². The lowest BCUT2D eigenvalue weighted by Gasteiger charge is -2.09. The van der Waals surface area contributed by atoms with Gasteiger partial charge in [0, 0.05) is 16.8 Å². The zero-order valence-electron chi connectivity index (χ0n) is 8.20. The number of carbonyl (C=O) groups excluding carboxylic acids is 1. The van der Waals surface area contributed by atoms with Crippen molar-refractivity contribution >= 4 is 50.7 Å². The van der Waals surface area contributed by atoms with Crippen LogP contribution in [0.2, 0.25) is 5.02 Å². The van der Waals surface area contributed by atoms with E-state index in [2.05, 4.69) is 21.2 Å². The molecule has 0 aliphatic rings. The molecule has 1 N–H and O–H groups in total. The summed E-state index contributed by atoms with van der Waals surface area (Å²) >= 11 is 14.4. The van der Waals surface area contributed by atoms with Crippen LogP contribution in [-0.4, -0.2) is 11.8 Å². The van der Waals surface area contributed by atoms with E-state index in [1.165, 1.54) is 6.07 Å². The van der Waals surface area contributed by atoms with Crippen molar-refractivity contribution in [2.75, 3.05) is 11.2 Å². The summed E-state index contributed by atoms with van der Waals surface area (Å²) in [4.78, 5) is 11.4. The predicted molar refractivity (Wildman–Crippen MR) is 67.7 cm³/mol. The quantitative estimate of drug-likeness (QED) is 0.825. The fourth-order valence-corrected chi connectivity index (χ4v) is 2.12. The molecule has 1 amide bonds. The Balaban J connectivity index is 2.77. The molecule has 0 saturated heterocycles. The van der Waals surface area contributed by atoms with Gasteiger partial charge in [-0.25, -0.2) is 4.39 Å². The molecule has 0 atom stereocenters. The smallest absolute Gasteiger partial charge is 0.224 e. The number of hydrogen-bond donors (Lipinski definition) is 1. The molecule has 0 unspecified atom stereocenters. The SMILES string of the molecule is O=C(CCCCl)Nc1c(Cl)cc(F)cc1Br. The first kappa shape index (κ1) is 13.7. The van der Waals surface area contributed by atoms with Crippen molar-refractivity contribution in [3.8, 4) is 0 Å². The largest absolute Gasteiger partial charge is 0.324 e. The normalized spacial score (nSPS) is 10.2. The topological polar surface area (TPSA) is 29.1 Å². The van der Waals surface area contributed by atoms with Crippen LogP contribution in [0.5, 0.6) is 0 Å². The van der Waals surface area contributed by atoms with E-state index in [-0.39, 0.29) is 10.9 Å². The second kappa shape index (κ2) is 6.42. The first-order chi connectivity index (χ1) is 7.54. The van der Waals surface area contributed by atoms with Gasteiger partial charge in [0.15, 0.2) is 0 Å². The van der Waals surface area contributed by atoms with Crippen LogP contribution in [0.3, 0.4) is 0 Å². The summed E-state index contributed by atoms with van der Waals surface area (Å²) in [7, 11) is 0. The van der Waals surface area contributed by atoms with E-state index in [1.807, 2.05) is 0 Å². The van der Waals surface area contributed by atoms with Gasteiger partial charge in [0.2, 0.25) is 5.91 Å². The molecular weight excluding hydrogens is 320 g/mol. The lowest BCUT2D eigenvalue weighted by molar-refractivity contribution is -0.116. The highest BCUT2D eigenvalue weighted by Crippen LogP contribution is 2.31. The summed E-state index contributed by atoms with van der Waals surface area (Å²) in [6.07, 6.45) is 0.896. The summed E-state index contributed by atoms with van der Waals surface area (Å²) in [5.74, 6) is -0.239. The first-order valence-corrected chi connectivity index (χ1v) is 6.25. The Labute approximate surface area is 111 Å². The lowest BCUT2D eigenvalue weighted by Crippen LogP contribution is -2.12. The maximum Gasteiger partial charge on any atom is 0.224 e. The molecule has 1 rings (SSSR count). The summed E-state index contributed by atoms with van der Waals surface area (Å²) < 4.78 is 13.3. The van der Waals surface area contributed by atoms with Gasteiger partial charge in [-0.15, -0.1) is 11.6 Å². The van der Waals surface area contributed by atoms with E-state index < -0.39 is 5.82 Å². The Morgan fingerprint density at radius 1 is 1.50 bits per heavy atom. The fraction of sp³-hybridized carbons (Fsp3) is 0.300. The van der Waals surface area contributed by atoms with Gasteiger partial charge in [0.1, 0.15) is 5.82 Å². The van der Waals surface area contributed by atoms with Crippen LogP contribution >= 0.6 is 39.1 Å². The standard InChI is InChI=1S/C10H9BrCl2FNO/c11-7-4-6(14)5-8(13)10(7)15-9(16)2-1-3-12/h4-5H,1-3H2,(H,15,16). The van der Waals surface area contributed by atoms with Crippen molar-refractivity contribution in [3.05, 3.63) is 27.4 Å². The van der Waals surface area contributed by atoms with Crippen LogP contribution < -0.4 is 5.32 Å². The van der Waals surface area contributed by atoms with Crippen molar-refractivity contribution in [2.24, 2.45) is 0 Å². The van der Waals surface area contributed by atoms with Crippen LogP contribution in [0.1, 0.15) is 12.8 Å². The minimum Gasteiger partial charge on any atom is -0.324 e. The lowest BCUT2D eigenvalue weighted by atomic mass is 10.2. The number of halogens is 4. The Morgan fingerprint density at radius 3 is 2.75 bits per heavy atom. The Morgan fingerprint density at radius 2 is 2.19 bits per heavy atom. The van der Waals surface area contributed by atoms with Gasteiger partial charge in [-0.1, -0.05) is 11.6 Å². The molecule has 0 aliphatic heterocycles. The molecular formula is C10H9BrCl2FNO. The molecule has 1 aromatic carbocycles. The molecule has 1 aromatic rings. The van der Waals surface area contributed by atoms with Gasteiger partial charge in [0.05, 0.1) is 10.7 Å². The number of alkyl halides is 1. The molecule has 0 radical (unpaired) electrons. The molecule has 6 heteroatoms. The third-order valence-corrected chi connectivity index (χ3v) is 3.00. The van der Waals surface area contributed by atoms with Crippen molar-refractivity contribution in [1.82, 2.24) is 0 Å². The molecule has 0 aromatic heterocycles. The highest BCUT2D eigenvalue weighted by molar-refractivity contribution is 9.10. The third kappa shape index (κ3) is 3.92. The van der Waals surface area contributed by atoms with E-state index >= 15 is 0 Å². The monoisotopic (exact) mass is 327 g/mol. The van der Waals surface area contributed by atoms with Gasteiger partial charge >= 0.3 is 0 Å². The second-order valence-electron chi connectivity index (χ2n) is 3.09. The van der Waals surface area contributed by atoms with E-state index in [0.29, 0.717) is 28.9 Å². The van der Waals surface area contributed by atoms with E-state index in [0.717, 1.165) is 6.07 Å². The molecule has 0 aliphatic carbocycles. The van der Waals surface area contributed by atoms with E-state index in [1.54, 1.807) is 0 Å². The molecule has 0 heterocycles. The number of benzene rings is 1. The van der Waals surface area contributed by atoms with Crippen molar-refractivity contribution in [3.63, 3.8) is 0 Å². The van der Waals surface area contributed by atoms with Crippen molar-refractivity contribution in [2.45, 2.75) is 12.8 Å². The fourth-order valence-electron chi connectivity index (χ4n) is 1.09. The number of carbonyl (C=O) groups is 1.